The minimum Gasteiger partial charge on any atom is -0.405 e. The molecule has 0 heterocycles. The summed E-state index contributed by atoms with van der Waals surface area (Å²) < 4.78 is 28.5. The zero-order chi connectivity index (χ0) is 12.5. The molecule has 90 valence electrons. The first-order valence-corrected chi connectivity index (χ1v) is 8.76. The molecule has 0 bridgehead atoms. The van der Waals surface area contributed by atoms with E-state index in [0.29, 0.717) is 0 Å². The van der Waals surface area contributed by atoms with E-state index in [1.54, 1.807) is 0 Å². The average molecular weight is 409 g/mol. The molecule has 2 aromatic carbocycles. The lowest BCUT2D eigenvalue weighted by atomic mass is 10.4. The quantitative estimate of drug-likeness (QED) is 0.479. The summed E-state index contributed by atoms with van der Waals surface area (Å²) in [6, 6.07) is 21.4. The van der Waals surface area contributed by atoms with Crippen molar-refractivity contribution in [2.45, 2.75) is 0 Å². The fraction of sp³-hybridized carbons (Fsp3) is 0. The van der Waals surface area contributed by atoms with E-state index in [1.165, 1.54) is 7.14 Å². The maximum Gasteiger partial charge on any atom is 0.357 e. The maximum atomic E-state index is 8.52. The molecule has 0 fully saturated rings. The van der Waals surface area contributed by atoms with Crippen LogP contribution in [0, 0.1) is 22.0 Å². The molecule has 5 heteroatoms. The summed E-state index contributed by atoms with van der Waals surface area (Å²) in [7, 11) is 0. The topological polar surface area (TPSA) is 69.2 Å². The van der Waals surface area contributed by atoms with Gasteiger partial charge in [-0.2, -0.15) is 0 Å². The van der Waals surface area contributed by atoms with Crippen LogP contribution in [0.15, 0.2) is 60.7 Å². The van der Waals surface area contributed by atoms with Gasteiger partial charge in [0.2, 0.25) is 14.8 Å². The lowest BCUT2D eigenvalue weighted by molar-refractivity contribution is -1.73. The van der Waals surface area contributed by atoms with Crippen molar-refractivity contribution in [3.05, 3.63) is 67.8 Å². The molecule has 0 atom stereocenters. The van der Waals surface area contributed by atoms with Gasteiger partial charge in [0.25, 0.3) is 0 Å². The van der Waals surface area contributed by atoms with E-state index in [0.717, 1.165) is 0 Å². The van der Waals surface area contributed by atoms with Gasteiger partial charge in [-0.25, -0.2) is 0 Å². The summed E-state index contributed by atoms with van der Waals surface area (Å²) in [4.78, 5) is 0. The van der Waals surface area contributed by atoms with E-state index in [-0.39, 0.29) is 21.2 Å². The van der Waals surface area contributed by atoms with Crippen LogP contribution in [0.3, 0.4) is 0 Å². The van der Waals surface area contributed by atoms with E-state index < -0.39 is 14.8 Å². The predicted molar refractivity (Wildman–Crippen MR) is 50.3 cm³/mol. The van der Waals surface area contributed by atoms with Crippen LogP contribution in [-0.2, 0) is 0 Å². The Hall–Kier alpha value is -0.470. The van der Waals surface area contributed by atoms with Crippen molar-refractivity contribution >= 4 is 0 Å². The number of hydrogen-bond acceptors (Lipinski definition) is 3. The van der Waals surface area contributed by atoms with E-state index in [9.17, 15) is 0 Å². The van der Waals surface area contributed by atoms with Gasteiger partial charge in [0.15, 0.2) is 7.14 Å². The molecule has 17 heavy (non-hydrogen) atoms. The molecule has 0 aliphatic rings. The Kier molecular flexibility index (Phi) is 7.38. The first-order chi connectivity index (χ1) is 8.18. The van der Waals surface area contributed by atoms with Crippen LogP contribution in [0.4, 0.5) is 0 Å². The normalized spacial score (nSPS) is 9.65. The number of hydrogen-bond donors (Lipinski definition) is 0. The third kappa shape index (κ3) is 7.45. The van der Waals surface area contributed by atoms with Crippen LogP contribution in [0.25, 0.3) is 0 Å². The number of benzene rings is 2. The molecular formula is C12H10BrIO3. The van der Waals surface area contributed by atoms with Crippen LogP contribution < -0.4 is 33.8 Å². The van der Waals surface area contributed by atoms with Crippen LogP contribution in [0.5, 0.6) is 0 Å². The van der Waals surface area contributed by atoms with Gasteiger partial charge >= 0.3 is 21.2 Å². The van der Waals surface area contributed by atoms with Gasteiger partial charge in [-0.05, 0) is 24.3 Å². The molecule has 0 saturated heterocycles. The lowest BCUT2D eigenvalue weighted by Crippen LogP contribution is -3.61. The zero-order valence-corrected chi connectivity index (χ0v) is 12.5. The van der Waals surface area contributed by atoms with Gasteiger partial charge in [0.05, 0.1) is 0 Å². The highest BCUT2D eigenvalue weighted by Crippen LogP contribution is 1.85. The van der Waals surface area contributed by atoms with E-state index in [4.69, 9.17) is 12.6 Å². The van der Waals surface area contributed by atoms with Gasteiger partial charge in [0.1, 0.15) is 0 Å². The number of halogens is 2. The molecule has 2 rings (SSSR count). The molecule has 0 N–H and O–H groups in total. The highest BCUT2D eigenvalue weighted by molar-refractivity contribution is 5.02. The third-order valence-electron chi connectivity index (χ3n) is 1.68. The van der Waals surface area contributed by atoms with Gasteiger partial charge in [-0.3, -0.25) is 0 Å². The molecule has 0 aliphatic carbocycles. The minimum absolute atomic E-state index is 0.0287. The summed E-state index contributed by atoms with van der Waals surface area (Å²) in [5, 5.41) is 0. The largest absolute Gasteiger partial charge is 0.405 e. The Bertz CT molecular complexity index is 368. The van der Waals surface area contributed by atoms with Crippen LogP contribution in [0.1, 0.15) is 0 Å². The van der Waals surface area contributed by atoms with Crippen molar-refractivity contribution < 1.29 is 48.6 Å². The van der Waals surface area contributed by atoms with E-state index in [2.05, 4.69) is 60.7 Å². The second-order valence-electron chi connectivity index (χ2n) is 2.87. The fourth-order valence-corrected chi connectivity index (χ4v) is 3.35. The Balaban J connectivity index is 0.000000317. The molecule has 2 aromatic rings. The second-order valence-corrected chi connectivity index (χ2v) is 6.70. The SMILES string of the molecule is [O-][Br+2]([O-])[O-].c1ccc([I+]c2ccccc2)cc1. The smallest absolute Gasteiger partial charge is 0.357 e. The molecular weight excluding hydrogens is 399 g/mol. The van der Waals surface area contributed by atoms with Crippen molar-refractivity contribution in [3.63, 3.8) is 0 Å². The van der Waals surface area contributed by atoms with Gasteiger partial charge < -0.3 is 12.6 Å². The van der Waals surface area contributed by atoms with E-state index >= 15 is 0 Å². The van der Waals surface area contributed by atoms with E-state index in [1.807, 2.05) is 0 Å². The van der Waals surface area contributed by atoms with Crippen molar-refractivity contribution in [1.29, 1.82) is 0 Å². The van der Waals surface area contributed by atoms with Crippen molar-refractivity contribution in [2.75, 3.05) is 0 Å². The highest BCUT2D eigenvalue weighted by Gasteiger charge is 2.12. The zero-order valence-electron chi connectivity index (χ0n) is 8.75. The Labute approximate surface area is 116 Å². The van der Waals surface area contributed by atoms with Crippen LogP contribution in [-0.4, -0.2) is 0 Å². The van der Waals surface area contributed by atoms with Gasteiger partial charge in [-0.1, -0.05) is 36.4 Å². The first kappa shape index (κ1) is 14.6. The van der Waals surface area contributed by atoms with Crippen molar-refractivity contribution in [2.24, 2.45) is 0 Å². The summed E-state index contributed by atoms with van der Waals surface area (Å²) in [5.74, 6) is 0. The van der Waals surface area contributed by atoms with Crippen molar-refractivity contribution in [1.82, 2.24) is 0 Å². The predicted octanol–water partition coefficient (Wildman–Crippen LogP) is -3.75. The summed E-state index contributed by atoms with van der Waals surface area (Å²) in [6.07, 6.45) is 0. The molecule has 0 aromatic heterocycles. The third-order valence-corrected chi connectivity index (χ3v) is 4.37. The summed E-state index contributed by atoms with van der Waals surface area (Å²) in [5.41, 5.74) is 0. The fourth-order valence-electron chi connectivity index (χ4n) is 1.08. The molecule has 0 amide bonds. The van der Waals surface area contributed by atoms with Crippen LogP contribution >= 0.6 is 0 Å². The Morgan fingerprint density at radius 1 is 0.647 bits per heavy atom. The maximum absolute atomic E-state index is 8.52. The minimum atomic E-state index is -3.65. The molecule has 0 unspecified atom stereocenters. The lowest BCUT2D eigenvalue weighted by Gasteiger charge is -1.85. The number of rotatable bonds is 2. The molecule has 0 spiro atoms. The standard InChI is InChI=1S/C12H10I.BrO3/c1-3-7-11(8-4-1)13-12-9-5-2-6-10-12;2-1(3)4/h1-10H;/q+1;-1. The molecule has 3 nitrogen and oxygen atoms in total. The molecule has 0 radical (unpaired) electrons. The molecule has 0 saturated carbocycles. The highest BCUT2D eigenvalue weighted by atomic mass is 127. The van der Waals surface area contributed by atoms with Crippen molar-refractivity contribution in [3.8, 4) is 0 Å². The monoisotopic (exact) mass is 408 g/mol. The van der Waals surface area contributed by atoms with Crippen LogP contribution in [0.2, 0.25) is 0 Å². The molecule has 0 aliphatic heterocycles. The Morgan fingerprint density at radius 3 is 1.24 bits per heavy atom. The summed E-state index contributed by atoms with van der Waals surface area (Å²) in [6.45, 7) is 0. The van der Waals surface area contributed by atoms with Gasteiger partial charge in [0, 0.05) is 0 Å². The summed E-state index contributed by atoms with van der Waals surface area (Å²) >= 11 is -3.62. The Morgan fingerprint density at radius 2 is 0.941 bits per heavy atom. The van der Waals surface area contributed by atoms with Gasteiger partial charge in [-0.15, -0.1) is 0 Å². The second kappa shape index (κ2) is 8.60. The average Bonchev–Trinajstić information content (AvgIpc) is 2.31. The first-order valence-electron chi connectivity index (χ1n) is 4.66.